The maximum atomic E-state index is 11.8. The predicted molar refractivity (Wildman–Crippen MR) is 75.3 cm³/mol. The van der Waals surface area contributed by atoms with E-state index in [-0.39, 0.29) is 18.0 Å². The molecule has 1 amide bonds. The zero-order valence-corrected chi connectivity index (χ0v) is 11.7. The third-order valence-corrected chi connectivity index (χ3v) is 2.88. The maximum absolute atomic E-state index is 11.8. The van der Waals surface area contributed by atoms with Gasteiger partial charge >= 0.3 is 0 Å². The van der Waals surface area contributed by atoms with Gasteiger partial charge in [0.05, 0.1) is 6.04 Å². The van der Waals surface area contributed by atoms with Gasteiger partial charge in [0.1, 0.15) is 0 Å². The maximum Gasteiger partial charge on any atom is 0.236 e. The molecular formula is C15H24N2O. The molecule has 100 valence electrons. The molecule has 0 aliphatic carbocycles. The van der Waals surface area contributed by atoms with Gasteiger partial charge in [-0.15, -0.1) is 0 Å². The molecule has 0 fully saturated rings. The lowest BCUT2D eigenvalue weighted by molar-refractivity contribution is -0.123. The number of nitrogens with one attached hydrogen (secondary N) is 2. The molecule has 0 aliphatic rings. The summed E-state index contributed by atoms with van der Waals surface area (Å²) in [6.07, 6.45) is 0. The van der Waals surface area contributed by atoms with E-state index in [1.54, 1.807) is 0 Å². The van der Waals surface area contributed by atoms with Crippen LogP contribution in [0.2, 0.25) is 0 Å². The van der Waals surface area contributed by atoms with Crippen LogP contribution in [0.3, 0.4) is 0 Å². The van der Waals surface area contributed by atoms with Crippen LogP contribution in [-0.4, -0.2) is 18.5 Å². The summed E-state index contributed by atoms with van der Waals surface area (Å²) in [4.78, 5) is 11.8. The monoisotopic (exact) mass is 248 g/mol. The number of carbonyl (C=O) groups is 1. The van der Waals surface area contributed by atoms with Crippen LogP contribution in [0.4, 0.5) is 0 Å². The highest BCUT2D eigenvalue weighted by molar-refractivity contribution is 5.81. The van der Waals surface area contributed by atoms with Crippen molar-refractivity contribution in [1.82, 2.24) is 10.6 Å². The summed E-state index contributed by atoms with van der Waals surface area (Å²) in [5.41, 5.74) is 1.20. The summed E-state index contributed by atoms with van der Waals surface area (Å²) < 4.78 is 0. The highest BCUT2D eigenvalue weighted by Crippen LogP contribution is 2.11. The topological polar surface area (TPSA) is 41.1 Å². The van der Waals surface area contributed by atoms with Gasteiger partial charge in [-0.3, -0.25) is 10.1 Å². The average Bonchev–Trinajstić information content (AvgIpc) is 2.36. The first-order valence-electron chi connectivity index (χ1n) is 6.59. The number of benzene rings is 1. The molecule has 1 rings (SSSR count). The lowest BCUT2D eigenvalue weighted by Crippen LogP contribution is -2.44. The van der Waals surface area contributed by atoms with Crippen molar-refractivity contribution in [2.24, 2.45) is 5.92 Å². The molecule has 0 saturated carbocycles. The lowest BCUT2D eigenvalue weighted by Gasteiger charge is -2.20. The van der Waals surface area contributed by atoms with Gasteiger partial charge in [0.25, 0.3) is 0 Å². The summed E-state index contributed by atoms with van der Waals surface area (Å²) >= 11 is 0. The van der Waals surface area contributed by atoms with Crippen LogP contribution >= 0.6 is 0 Å². The Balaban J connectivity index is 2.44. The van der Waals surface area contributed by atoms with Crippen LogP contribution in [-0.2, 0) is 4.79 Å². The van der Waals surface area contributed by atoms with Crippen LogP contribution in [0, 0.1) is 5.92 Å². The van der Waals surface area contributed by atoms with Gasteiger partial charge in [0.15, 0.2) is 0 Å². The van der Waals surface area contributed by atoms with Gasteiger partial charge in [-0.05, 0) is 25.3 Å². The molecule has 3 heteroatoms. The molecule has 0 radical (unpaired) electrons. The first kappa shape index (κ1) is 14.7. The Labute approximate surface area is 110 Å². The quantitative estimate of drug-likeness (QED) is 0.812. The van der Waals surface area contributed by atoms with E-state index in [0.29, 0.717) is 5.92 Å². The van der Waals surface area contributed by atoms with Gasteiger partial charge < -0.3 is 5.32 Å². The van der Waals surface area contributed by atoms with Crippen molar-refractivity contribution in [1.29, 1.82) is 0 Å². The van der Waals surface area contributed by atoms with Gasteiger partial charge in [-0.25, -0.2) is 0 Å². The third kappa shape index (κ3) is 4.88. The van der Waals surface area contributed by atoms with Crippen molar-refractivity contribution in [2.45, 2.75) is 39.8 Å². The summed E-state index contributed by atoms with van der Waals surface area (Å²) in [6, 6.07) is 10.1. The first-order chi connectivity index (χ1) is 8.50. The molecule has 2 unspecified atom stereocenters. The first-order valence-corrected chi connectivity index (χ1v) is 6.59. The van der Waals surface area contributed by atoms with Crippen molar-refractivity contribution in [2.75, 3.05) is 6.54 Å². The zero-order valence-electron chi connectivity index (χ0n) is 11.7. The van der Waals surface area contributed by atoms with E-state index in [0.717, 1.165) is 6.54 Å². The Hall–Kier alpha value is -1.35. The molecule has 0 spiro atoms. The summed E-state index contributed by atoms with van der Waals surface area (Å²) in [6.45, 7) is 8.87. The summed E-state index contributed by atoms with van der Waals surface area (Å²) in [7, 11) is 0. The fraction of sp³-hybridized carbons (Fsp3) is 0.533. The molecule has 0 aromatic heterocycles. The van der Waals surface area contributed by atoms with Crippen molar-refractivity contribution in [3.8, 4) is 0 Å². The van der Waals surface area contributed by atoms with Crippen molar-refractivity contribution in [3.63, 3.8) is 0 Å². The zero-order chi connectivity index (χ0) is 13.5. The molecule has 2 N–H and O–H groups in total. The minimum atomic E-state index is -0.182. The lowest BCUT2D eigenvalue weighted by atomic mass is 10.1. The van der Waals surface area contributed by atoms with Crippen LogP contribution in [0.25, 0.3) is 0 Å². The van der Waals surface area contributed by atoms with Crippen molar-refractivity contribution < 1.29 is 4.79 Å². The second-order valence-electron chi connectivity index (χ2n) is 5.16. The number of carbonyl (C=O) groups excluding carboxylic acids is 1. The van der Waals surface area contributed by atoms with Gasteiger partial charge in [-0.2, -0.15) is 0 Å². The minimum absolute atomic E-state index is 0.0616. The third-order valence-electron chi connectivity index (χ3n) is 2.88. The SMILES string of the molecule is CC(C)CNC(=O)C(C)NC(C)c1ccccc1. The largest absolute Gasteiger partial charge is 0.354 e. The Bertz CT molecular complexity index is 362. The van der Waals surface area contributed by atoms with Crippen LogP contribution in [0.5, 0.6) is 0 Å². The Morgan fingerprint density at radius 1 is 1.11 bits per heavy atom. The van der Waals surface area contributed by atoms with Crippen molar-refractivity contribution in [3.05, 3.63) is 35.9 Å². The van der Waals surface area contributed by atoms with Crippen LogP contribution in [0.15, 0.2) is 30.3 Å². The van der Waals surface area contributed by atoms with Gasteiger partial charge in [-0.1, -0.05) is 44.2 Å². The molecule has 3 nitrogen and oxygen atoms in total. The molecule has 1 aromatic rings. The fourth-order valence-electron chi connectivity index (χ4n) is 1.75. The van der Waals surface area contributed by atoms with Crippen molar-refractivity contribution >= 4 is 5.91 Å². The second-order valence-corrected chi connectivity index (χ2v) is 5.16. The van der Waals surface area contributed by atoms with Gasteiger partial charge in [0, 0.05) is 12.6 Å². The highest BCUT2D eigenvalue weighted by Gasteiger charge is 2.15. The van der Waals surface area contributed by atoms with E-state index in [1.807, 2.05) is 25.1 Å². The van der Waals surface area contributed by atoms with Gasteiger partial charge in [0.2, 0.25) is 5.91 Å². The van der Waals surface area contributed by atoms with Crippen LogP contribution < -0.4 is 10.6 Å². The summed E-state index contributed by atoms with van der Waals surface area (Å²) in [5.74, 6) is 0.541. The van der Waals surface area contributed by atoms with E-state index in [2.05, 4.69) is 43.5 Å². The fourth-order valence-corrected chi connectivity index (χ4v) is 1.75. The molecule has 0 bridgehead atoms. The normalized spacial score (nSPS) is 14.3. The number of hydrogen-bond donors (Lipinski definition) is 2. The Kier molecular flexibility index (Phi) is 5.86. The number of hydrogen-bond acceptors (Lipinski definition) is 2. The van der Waals surface area contributed by atoms with E-state index in [4.69, 9.17) is 0 Å². The standard InChI is InChI=1S/C15H24N2O/c1-11(2)10-16-15(18)13(4)17-12(3)14-8-6-5-7-9-14/h5-9,11-13,17H,10H2,1-4H3,(H,16,18). The molecular weight excluding hydrogens is 224 g/mol. The second kappa shape index (κ2) is 7.17. The molecule has 18 heavy (non-hydrogen) atoms. The Morgan fingerprint density at radius 3 is 2.28 bits per heavy atom. The molecule has 0 aliphatic heterocycles. The average molecular weight is 248 g/mol. The number of rotatable bonds is 6. The Morgan fingerprint density at radius 2 is 1.72 bits per heavy atom. The molecule has 0 saturated heterocycles. The van der Waals surface area contributed by atoms with E-state index >= 15 is 0 Å². The molecule has 2 atom stereocenters. The van der Waals surface area contributed by atoms with E-state index < -0.39 is 0 Å². The number of amides is 1. The molecule has 1 aromatic carbocycles. The van der Waals surface area contributed by atoms with E-state index in [9.17, 15) is 4.79 Å². The predicted octanol–water partition coefficient (Wildman–Crippen LogP) is 2.50. The highest BCUT2D eigenvalue weighted by atomic mass is 16.2. The summed E-state index contributed by atoms with van der Waals surface area (Å²) in [5, 5.41) is 6.24. The van der Waals surface area contributed by atoms with Crippen LogP contribution in [0.1, 0.15) is 39.3 Å². The molecule has 0 heterocycles. The minimum Gasteiger partial charge on any atom is -0.354 e. The van der Waals surface area contributed by atoms with E-state index in [1.165, 1.54) is 5.56 Å². The smallest absolute Gasteiger partial charge is 0.236 e.